The van der Waals surface area contributed by atoms with Crippen molar-refractivity contribution in [3.63, 3.8) is 0 Å². The normalized spacial score (nSPS) is 27.2. The number of fused-ring (bicyclic) bond motifs is 1. The summed E-state index contributed by atoms with van der Waals surface area (Å²) in [5, 5.41) is 4.22. The van der Waals surface area contributed by atoms with Gasteiger partial charge >= 0.3 is 6.18 Å². The highest BCUT2D eigenvalue weighted by Gasteiger charge is 2.38. The van der Waals surface area contributed by atoms with E-state index in [1.165, 1.54) is 6.07 Å². The second-order valence-corrected chi connectivity index (χ2v) is 4.78. The molecule has 1 aromatic heterocycles. The molecule has 1 heterocycles. The van der Waals surface area contributed by atoms with Crippen molar-refractivity contribution in [3.05, 3.63) is 36.0 Å². The molecule has 2 aliphatic rings. The molecular formula is C13H12F3N3. The van der Waals surface area contributed by atoms with Gasteiger partial charge in [0.2, 0.25) is 0 Å². The number of rotatable bonds is 2. The highest BCUT2D eigenvalue weighted by Crippen LogP contribution is 2.40. The molecular weight excluding hydrogens is 255 g/mol. The van der Waals surface area contributed by atoms with Crippen LogP contribution >= 0.6 is 0 Å². The van der Waals surface area contributed by atoms with E-state index in [0.29, 0.717) is 17.7 Å². The second-order valence-electron chi connectivity index (χ2n) is 4.78. The van der Waals surface area contributed by atoms with Gasteiger partial charge in [-0.2, -0.15) is 18.3 Å². The van der Waals surface area contributed by atoms with Gasteiger partial charge in [0, 0.05) is 17.8 Å². The molecule has 0 amide bonds. The summed E-state index contributed by atoms with van der Waals surface area (Å²) < 4.78 is 37.0. The van der Waals surface area contributed by atoms with Crippen molar-refractivity contribution in [2.45, 2.75) is 19.0 Å². The van der Waals surface area contributed by atoms with Gasteiger partial charge < -0.3 is 0 Å². The number of allylic oxidation sites excluding steroid dienone is 2. The smallest absolute Gasteiger partial charge is 0.261 e. The molecule has 0 saturated heterocycles. The molecule has 19 heavy (non-hydrogen) atoms. The van der Waals surface area contributed by atoms with Crippen molar-refractivity contribution in [1.82, 2.24) is 4.98 Å². The fourth-order valence-corrected chi connectivity index (χ4v) is 2.42. The monoisotopic (exact) mass is 267 g/mol. The molecule has 100 valence electrons. The Balaban J connectivity index is 1.63. The van der Waals surface area contributed by atoms with Gasteiger partial charge in [0.15, 0.2) is 0 Å². The van der Waals surface area contributed by atoms with Crippen LogP contribution in [0.4, 0.5) is 19.0 Å². The molecule has 0 spiro atoms. The van der Waals surface area contributed by atoms with E-state index in [4.69, 9.17) is 0 Å². The number of hydrogen-bond acceptors (Lipinski definition) is 3. The van der Waals surface area contributed by atoms with Gasteiger partial charge in [0.25, 0.3) is 0 Å². The molecule has 2 atom stereocenters. The van der Waals surface area contributed by atoms with E-state index in [1.807, 2.05) is 0 Å². The lowest BCUT2D eigenvalue weighted by Gasteiger charge is -2.31. The summed E-state index contributed by atoms with van der Waals surface area (Å²) in [6.45, 7) is 0. The number of hydrogen-bond donors (Lipinski definition) is 1. The Morgan fingerprint density at radius 2 is 2.16 bits per heavy atom. The topological polar surface area (TPSA) is 37.3 Å². The Morgan fingerprint density at radius 1 is 1.32 bits per heavy atom. The van der Waals surface area contributed by atoms with Gasteiger partial charge in [0.05, 0.1) is 5.56 Å². The minimum Gasteiger partial charge on any atom is -0.261 e. The maximum absolute atomic E-state index is 12.3. The quantitative estimate of drug-likeness (QED) is 0.658. The molecule has 2 aliphatic carbocycles. The Bertz CT molecular complexity index is 531. The first-order valence-electron chi connectivity index (χ1n) is 6.06. The first-order valence-corrected chi connectivity index (χ1v) is 6.06. The number of halogens is 3. The van der Waals surface area contributed by atoms with Crippen LogP contribution in [0.25, 0.3) is 0 Å². The fraction of sp³-hybridized carbons (Fsp3) is 0.385. The lowest BCUT2D eigenvalue weighted by molar-refractivity contribution is -0.137. The lowest BCUT2D eigenvalue weighted by atomic mass is 9.74. The van der Waals surface area contributed by atoms with Crippen LogP contribution in [0.1, 0.15) is 18.4 Å². The zero-order valence-corrected chi connectivity index (χ0v) is 9.98. The predicted octanol–water partition coefficient (Wildman–Crippen LogP) is 3.46. The second kappa shape index (κ2) is 4.36. The number of hydrazone groups is 1. The van der Waals surface area contributed by atoms with E-state index in [2.05, 4.69) is 27.7 Å². The summed E-state index contributed by atoms with van der Waals surface area (Å²) in [6.07, 6.45) is 2.73. The van der Waals surface area contributed by atoms with Crippen LogP contribution in [0.2, 0.25) is 0 Å². The number of pyridine rings is 1. The number of anilines is 1. The van der Waals surface area contributed by atoms with Gasteiger partial charge in [-0.15, -0.1) is 0 Å². The average Bonchev–Trinajstić information content (AvgIpc) is 2.71. The van der Waals surface area contributed by atoms with Crippen LogP contribution in [0, 0.1) is 11.8 Å². The molecule has 3 rings (SSSR count). The summed E-state index contributed by atoms with van der Waals surface area (Å²) in [5.74, 6) is 1.40. The first-order chi connectivity index (χ1) is 9.04. The molecule has 0 bridgehead atoms. The Labute approximate surface area is 108 Å². The summed E-state index contributed by atoms with van der Waals surface area (Å²) in [4.78, 5) is 3.71. The number of nitrogens with zero attached hydrogens (tertiary/aromatic N) is 2. The van der Waals surface area contributed by atoms with Crippen LogP contribution in [0.3, 0.4) is 0 Å². The summed E-state index contributed by atoms with van der Waals surface area (Å²) in [5.41, 5.74) is 3.03. The van der Waals surface area contributed by atoms with Crippen molar-refractivity contribution < 1.29 is 13.2 Å². The largest absolute Gasteiger partial charge is 0.417 e. The Hall–Kier alpha value is -1.85. The number of aromatic nitrogens is 1. The lowest BCUT2D eigenvalue weighted by Crippen LogP contribution is -2.33. The van der Waals surface area contributed by atoms with E-state index in [9.17, 15) is 13.2 Å². The molecule has 1 fully saturated rings. The van der Waals surface area contributed by atoms with E-state index in [0.717, 1.165) is 30.8 Å². The third-order valence-electron chi connectivity index (χ3n) is 3.57. The molecule has 1 saturated carbocycles. The van der Waals surface area contributed by atoms with Crippen molar-refractivity contribution in [2.24, 2.45) is 16.9 Å². The van der Waals surface area contributed by atoms with E-state index in [-0.39, 0.29) is 0 Å². The maximum Gasteiger partial charge on any atom is 0.417 e. The van der Waals surface area contributed by atoms with Gasteiger partial charge in [0.1, 0.15) is 5.82 Å². The molecule has 2 unspecified atom stereocenters. The van der Waals surface area contributed by atoms with Crippen molar-refractivity contribution >= 4 is 11.5 Å². The Kier molecular flexibility index (Phi) is 2.80. The maximum atomic E-state index is 12.3. The third-order valence-corrected chi connectivity index (χ3v) is 3.57. The van der Waals surface area contributed by atoms with Gasteiger partial charge in [-0.05, 0) is 30.9 Å². The van der Waals surface area contributed by atoms with E-state index < -0.39 is 11.7 Å². The van der Waals surface area contributed by atoms with Crippen LogP contribution in [0.15, 0.2) is 35.6 Å². The highest BCUT2D eigenvalue weighted by molar-refractivity contribution is 5.94. The van der Waals surface area contributed by atoms with Crippen molar-refractivity contribution in [3.8, 4) is 0 Å². The summed E-state index contributed by atoms with van der Waals surface area (Å²) in [7, 11) is 0. The fourth-order valence-electron chi connectivity index (χ4n) is 2.42. The van der Waals surface area contributed by atoms with Crippen molar-refractivity contribution in [1.29, 1.82) is 0 Å². The highest BCUT2D eigenvalue weighted by atomic mass is 19.4. The van der Waals surface area contributed by atoms with Crippen LogP contribution < -0.4 is 5.43 Å². The molecule has 0 radical (unpaired) electrons. The van der Waals surface area contributed by atoms with Gasteiger partial charge in [-0.25, -0.2) is 4.98 Å². The minimum absolute atomic E-state index is 0.329. The average molecular weight is 267 g/mol. The van der Waals surface area contributed by atoms with Gasteiger partial charge in [-0.1, -0.05) is 12.2 Å². The van der Waals surface area contributed by atoms with E-state index >= 15 is 0 Å². The molecule has 0 aliphatic heterocycles. The predicted molar refractivity (Wildman–Crippen MR) is 65.7 cm³/mol. The molecule has 1 aromatic rings. The molecule has 0 aromatic carbocycles. The summed E-state index contributed by atoms with van der Waals surface area (Å²) in [6, 6.07) is 2.28. The SMILES string of the molecule is FC(F)(F)c1ccc(N/N=C2\CC3C=CCC23)nc1. The van der Waals surface area contributed by atoms with Crippen molar-refractivity contribution in [2.75, 3.05) is 5.43 Å². The minimum atomic E-state index is -4.35. The van der Waals surface area contributed by atoms with Crippen LogP contribution in [-0.2, 0) is 6.18 Å². The zero-order valence-electron chi connectivity index (χ0n) is 9.98. The molecule has 6 heteroatoms. The zero-order chi connectivity index (χ0) is 13.5. The molecule has 1 N–H and O–H groups in total. The number of nitrogens with one attached hydrogen (secondary N) is 1. The number of alkyl halides is 3. The standard InChI is InChI=1S/C13H12F3N3/c14-13(15,16)9-4-5-12(17-7-9)19-18-11-6-8-2-1-3-10(8)11/h1-2,4-5,7-8,10H,3,6H2,(H,17,19)/b18-11+. The van der Waals surface area contributed by atoms with Gasteiger partial charge in [-0.3, -0.25) is 5.43 Å². The van der Waals surface area contributed by atoms with Crippen LogP contribution in [0.5, 0.6) is 0 Å². The molecule has 3 nitrogen and oxygen atoms in total. The third kappa shape index (κ3) is 2.34. The van der Waals surface area contributed by atoms with E-state index in [1.54, 1.807) is 0 Å². The first kappa shape index (κ1) is 12.2. The van der Waals surface area contributed by atoms with Crippen LogP contribution in [-0.4, -0.2) is 10.7 Å². The Morgan fingerprint density at radius 3 is 2.79 bits per heavy atom. The summed E-state index contributed by atoms with van der Waals surface area (Å²) >= 11 is 0.